The molecule has 3 saturated heterocycles. The van der Waals surface area contributed by atoms with E-state index in [1.54, 1.807) is 28.8 Å². The molecule has 2 amide bonds. The second-order valence-corrected chi connectivity index (χ2v) is 12.4. The number of fused-ring (bicyclic) bond motifs is 1. The van der Waals surface area contributed by atoms with E-state index in [4.69, 9.17) is 16.3 Å². The number of anilines is 1. The molecular weight excluding hydrogens is 524 g/mol. The molecule has 7 nitrogen and oxygen atoms in total. The lowest BCUT2D eigenvalue weighted by atomic mass is 9.66. The lowest BCUT2D eigenvalue weighted by molar-refractivity contribution is -0.154. The van der Waals surface area contributed by atoms with Crippen molar-refractivity contribution in [1.29, 1.82) is 0 Å². The minimum Gasteiger partial charge on any atom is -0.465 e. The van der Waals surface area contributed by atoms with Crippen LogP contribution in [0.5, 0.6) is 0 Å². The van der Waals surface area contributed by atoms with Crippen LogP contribution in [0.1, 0.15) is 38.2 Å². The average molecular weight is 561 g/mol. The number of thioether (sulfide) groups is 1. The van der Waals surface area contributed by atoms with Crippen LogP contribution in [0.15, 0.2) is 43.5 Å². The summed E-state index contributed by atoms with van der Waals surface area (Å²) in [5.41, 5.74) is 1.41. The lowest BCUT2D eigenvalue weighted by Crippen LogP contribution is -2.57. The third kappa shape index (κ3) is 4.69. The predicted octanol–water partition coefficient (Wildman–Crippen LogP) is 4.40. The van der Waals surface area contributed by atoms with E-state index in [0.717, 1.165) is 24.8 Å². The highest BCUT2D eigenvalue weighted by Gasteiger charge is 2.76. The number of nitrogens with zero attached hydrogens (tertiary/aromatic N) is 2. The molecule has 1 N–H and O–H groups in total. The van der Waals surface area contributed by atoms with Gasteiger partial charge in [-0.3, -0.25) is 14.4 Å². The Labute approximate surface area is 234 Å². The molecule has 0 saturated carbocycles. The second-order valence-electron chi connectivity index (χ2n) is 10.4. The van der Waals surface area contributed by atoms with Gasteiger partial charge in [0.15, 0.2) is 0 Å². The number of ether oxygens (including phenoxy) is 1. The average Bonchev–Trinajstić information content (AvgIpc) is 3.47. The first-order valence-corrected chi connectivity index (χ1v) is 14.5. The van der Waals surface area contributed by atoms with Crippen LogP contribution in [-0.4, -0.2) is 70.1 Å². The number of amides is 2. The van der Waals surface area contributed by atoms with E-state index in [1.165, 1.54) is 4.90 Å². The first-order chi connectivity index (χ1) is 18.2. The highest BCUT2D eigenvalue weighted by molar-refractivity contribution is 8.02. The Balaban J connectivity index is 1.71. The molecule has 3 fully saturated rings. The van der Waals surface area contributed by atoms with Gasteiger partial charge in [-0.1, -0.05) is 42.8 Å². The van der Waals surface area contributed by atoms with Crippen molar-refractivity contribution < 1.29 is 24.2 Å². The summed E-state index contributed by atoms with van der Waals surface area (Å²) in [7, 11) is 0. The SMILES string of the molecule is C=CCCCCOC(=O)[C@@H]1[C@H]2C(=O)N(CCO)C(C(=O)N(CC=C)c3c(C)cccc3Cl)C23S[C@@H]1CC3C. The number of para-hydroxylation sites is 1. The molecule has 4 rings (SSSR count). The number of aryl methyl sites for hydroxylation is 1. The van der Waals surface area contributed by atoms with Gasteiger partial charge in [-0.2, -0.15) is 0 Å². The zero-order valence-corrected chi connectivity index (χ0v) is 23.7. The van der Waals surface area contributed by atoms with Crippen molar-refractivity contribution in [3.05, 3.63) is 54.1 Å². The van der Waals surface area contributed by atoms with Crippen LogP contribution in [0.4, 0.5) is 5.69 Å². The Morgan fingerprint density at radius 2 is 2.08 bits per heavy atom. The molecule has 2 bridgehead atoms. The van der Waals surface area contributed by atoms with E-state index in [2.05, 4.69) is 20.1 Å². The largest absolute Gasteiger partial charge is 0.465 e. The standard InChI is InChI=1S/C29H37ClN2O5S/c1-5-7-8-9-16-37-28(36)22-21-17-19(4)29(38-21)23(22)26(34)32(14-15-33)25(29)27(35)31(13-6-2)24-18(3)11-10-12-20(24)30/h5-6,10-12,19,21-23,25,33H,1-2,7-9,13-17H2,3-4H3/t19?,21-,22+,23+,25?,29?/m1/s1. The summed E-state index contributed by atoms with van der Waals surface area (Å²) in [6.07, 6.45) is 6.65. The Morgan fingerprint density at radius 3 is 2.74 bits per heavy atom. The number of aliphatic hydroxyl groups is 1. The van der Waals surface area contributed by atoms with Gasteiger partial charge >= 0.3 is 5.97 Å². The van der Waals surface area contributed by atoms with Crippen LogP contribution in [0.25, 0.3) is 0 Å². The maximum Gasteiger partial charge on any atom is 0.310 e. The van der Waals surface area contributed by atoms with Gasteiger partial charge in [-0.05, 0) is 50.2 Å². The van der Waals surface area contributed by atoms with E-state index in [-0.39, 0.29) is 48.6 Å². The molecule has 1 spiro atoms. The van der Waals surface area contributed by atoms with Crippen molar-refractivity contribution in [3.8, 4) is 0 Å². The van der Waals surface area contributed by atoms with E-state index < -0.39 is 22.6 Å². The summed E-state index contributed by atoms with van der Waals surface area (Å²) in [4.78, 5) is 44.9. The monoisotopic (exact) mass is 560 g/mol. The number of allylic oxidation sites excluding steroid dienone is 1. The van der Waals surface area contributed by atoms with Gasteiger partial charge < -0.3 is 19.6 Å². The molecule has 1 aromatic carbocycles. The van der Waals surface area contributed by atoms with Crippen LogP contribution >= 0.6 is 23.4 Å². The van der Waals surface area contributed by atoms with Gasteiger partial charge in [-0.15, -0.1) is 24.9 Å². The Hall–Kier alpha value is -2.29. The van der Waals surface area contributed by atoms with Crippen LogP contribution in [0, 0.1) is 24.7 Å². The number of likely N-dealkylation sites (tertiary alicyclic amines) is 1. The summed E-state index contributed by atoms with van der Waals surface area (Å²) >= 11 is 8.16. The Morgan fingerprint density at radius 1 is 1.32 bits per heavy atom. The summed E-state index contributed by atoms with van der Waals surface area (Å²) in [6.45, 7) is 11.7. The molecule has 0 aliphatic carbocycles. The first kappa shape index (κ1) is 28.7. The number of β-amino-alcohol motifs (C(OH)–C–C–N with tert-alkyl or cyclic N) is 1. The van der Waals surface area contributed by atoms with Crippen molar-refractivity contribution in [2.24, 2.45) is 17.8 Å². The fourth-order valence-corrected chi connectivity index (χ4v) is 9.34. The highest BCUT2D eigenvalue weighted by atomic mass is 35.5. The Bertz CT molecular complexity index is 1090. The molecule has 38 heavy (non-hydrogen) atoms. The molecule has 3 unspecified atom stereocenters. The zero-order valence-electron chi connectivity index (χ0n) is 22.1. The number of hydrogen-bond donors (Lipinski definition) is 1. The fraction of sp³-hybridized carbons (Fsp3) is 0.552. The molecule has 0 aromatic heterocycles. The molecule has 3 aliphatic rings. The first-order valence-electron chi connectivity index (χ1n) is 13.3. The van der Waals surface area contributed by atoms with Gasteiger partial charge in [-0.25, -0.2) is 0 Å². The van der Waals surface area contributed by atoms with Gasteiger partial charge in [0.1, 0.15) is 6.04 Å². The molecule has 206 valence electrons. The predicted molar refractivity (Wildman–Crippen MR) is 151 cm³/mol. The highest BCUT2D eigenvalue weighted by Crippen LogP contribution is 2.68. The molecule has 9 heteroatoms. The van der Waals surface area contributed by atoms with Gasteiger partial charge in [0.2, 0.25) is 5.91 Å². The van der Waals surface area contributed by atoms with Crippen molar-refractivity contribution in [2.45, 2.75) is 55.6 Å². The molecule has 0 radical (unpaired) electrons. The normalized spacial score (nSPS) is 29.3. The molecule has 3 heterocycles. The third-order valence-electron chi connectivity index (χ3n) is 8.18. The van der Waals surface area contributed by atoms with E-state index in [1.807, 2.05) is 25.1 Å². The van der Waals surface area contributed by atoms with Crippen LogP contribution in [-0.2, 0) is 19.1 Å². The summed E-state index contributed by atoms with van der Waals surface area (Å²) in [5.74, 6) is -2.18. The van der Waals surface area contributed by atoms with Crippen molar-refractivity contribution >= 4 is 46.8 Å². The van der Waals surface area contributed by atoms with Crippen LogP contribution in [0.2, 0.25) is 5.02 Å². The summed E-state index contributed by atoms with van der Waals surface area (Å²) in [5, 5.41) is 10.2. The number of unbranched alkanes of at least 4 members (excludes halogenated alkanes) is 2. The van der Waals surface area contributed by atoms with Gasteiger partial charge in [0, 0.05) is 18.3 Å². The smallest absolute Gasteiger partial charge is 0.310 e. The molecule has 3 aliphatic heterocycles. The van der Waals surface area contributed by atoms with Crippen LogP contribution < -0.4 is 4.90 Å². The van der Waals surface area contributed by atoms with Gasteiger partial charge in [0.05, 0.1) is 40.5 Å². The summed E-state index contributed by atoms with van der Waals surface area (Å²) < 4.78 is 4.86. The topological polar surface area (TPSA) is 87.1 Å². The number of esters is 1. The number of rotatable bonds is 12. The molecular formula is C29H37ClN2O5S. The van der Waals surface area contributed by atoms with Crippen molar-refractivity contribution in [2.75, 3.05) is 31.2 Å². The Kier molecular flexibility index (Phi) is 8.95. The third-order valence-corrected chi connectivity index (χ3v) is 10.6. The number of hydrogen-bond acceptors (Lipinski definition) is 6. The number of halogens is 1. The van der Waals surface area contributed by atoms with Crippen molar-refractivity contribution in [1.82, 2.24) is 4.90 Å². The van der Waals surface area contributed by atoms with Crippen molar-refractivity contribution in [3.63, 3.8) is 0 Å². The zero-order chi connectivity index (χ0) is 27.6. The number of benzene rings is 1. The quantitative estimate of drug-likeness (QED) is 0.232. The molecule has 6 atom stereocenters. The number of carbonyl (C=O) groups is 3. The number of aliphatic hydroxyl groups excluding tert-OH is 1. The van der Waals surface area contributed by atoms with E-state index in [0.29, 0.717) is 23.7 Å². The maximum absolute atomic E-state index is 14.5. The van der Waals surface area contributed by atoms with Gasteiger partial charge in [0.25, 0.3) is 5.91 Å². The molecule has 1 aromatic rings. The van der Waals surface area contributed by atoms with Crippen LogP contribution in [0.3, 0.4) is 0 Å². The minimum absolute atomic E-state index is 0.0121. The maximum atomic E-state index is 14.5. The second kappa shape index (κ2) is 11.8. The van der Waals surface area contributed by atoms with E-state index >= 15 is 0 Å². The van der Waals surface area contributed by atoms with E-state index in [9.17, 15) is 19.5 Å². The summed E-state index contributed by atoms with van der Waals surface area (Å²) in [6, 6.07) is 4.60. The minimum atomic E-state index is -0.849. The fourth-order valence-electron chi connectivity index (χ4n) is 6.61. The number of carbonyl (C=O) groups excluding carboxylic acids is 3. The lowest BCUT2D eigenvalue weighted by Gasteiger charge is -2.40.